The minimum absolute atomic E-state index is 0.901. The first-order chi connectivity index (χ1) is 8.35. The highest BCUT2D eigenvalue weighted by Gasteiger charge is 2.43. The van der Waals surface area contributed by atoms with Crippen LogP contribution in [0.4, 0.5) is 13.6 Å². The Morgan fingerprint density at radius 2 is 1.79 bits per heavy atom. The zero-order valence-electron chi connectivity index (χ0n) is 10.7. The highest BCUT2D eigenvalue weighted by atomic mass is 19.3. The van der Waals surface area contributed by atoms with Crippen LogP contribution < -0.4 is 11.1 Å². The molecule has 0 rings (SSSR count). The van der Waals surface area contributed by atoms with Crippen LogP contribution >= 0.6 is 0 Å². The van der Waals surface area contributed by atoms with Gasteiger partial charge in [-0.15, -0.1) is 0 Å². The van der Waals surface area contributed by atoms with Gasteiger partial charge < -0.3 is 20.9 Å². The summed E-state index contributed by atoms with van der Waals surface area (Å²) >= 11 is 0. The molecule has 0 aromatic carbocycles. The van der Waals surface area contributed by atoms with Gasteiger partial charge in [-0.05, 0) is 20.8 Å². The third-order valence-corrected chi connectivity index (χ3v) is 1.81. The molecule has 0 saturated heterocycles. The molecule has 9 heteroatoms. The highest BCUT2D eigenvalue weighted by molar-refractivity contribution is 5.85. The number of nitrogens with two attached hydrogens (primary N) is 1. The molecular formula is C10H16F2N2O5. The van der Waals surface area contributed by atoms with Crippen molar-refractivity contribution in [3.05, 3.63) is 0 Å². The molecule has 0 heterocycles. The molecule has 0 spiro atoms. The smallest absolute Gasteiger partial charge is 0.408 e. The molecule has 2 amide bonds. The second-order valence-corrected chi connectivity index (χ2v) is 4.81. The van der Waals surface area contributed by atoms with Crippen LogP contribution in [0.25, 0.3) is 0 Å². The van der Waals surface area contributed by atoms with Crippen molar-refractivity contribution in [2.45, 2.75) is 44.8 Å². The molecule has 0 bridgehead atoms. The average molecular weight is 282 g/mol. The lowest BCUT2D eigenvalue weighted by atomic mass is 10.1. The van der Waals surface area contributed by atoms with Gasteiger partial charge in [-0.25, -0.2) is 9.59 Å². The zero-order chi connectivity index (χ0) is 15.4. The van der Waals surface area contributed by atoms with Gasteiger partial charge in [0.2, 0.25) is 5.91 Å². The number of amides is 2. The minimum atomic E-state index is -4.19. The lowest BCUT2D eigenvalue weighted by Gasteiger charge is -2.23. The number of primary amides is 1. The number of carboxylic acid groups (broad SMARTS) is 1. The summed E-state index contributed by atoms with van der Waals surface area (Å²) in [6.45, 7) is 4.58. The maximum Gasteiger partial charge on any atom is 0.408 e. The van der Waals surface area contributed by atoms with Crippen molar-refractivity contribution >= 4 is 18.0 Å². The van der Waals surface area contributed by atoms with E-state index in [2.05, 4.69) is 0 Å². The number of nitrogens with one attached hydrogen (secondary N) is 1. The van der Waals surface area contributed by atoms with E-state index >= 15 is 0 Å². The van der Waals surface area contributed by atoms with Crippen molar-refractivity contribution in [1.82, 2.24) is 5.32 Å². The van der Waals surface area contributed by atoms with Crippen molar-refractivity contribution < 1.29 is 33.0 Å². The Hall–Kier alpha value is -1.93. The molecule has 0 aliphatic rings. The van der Waals surface area contributed by atoms with Gasteiger partial charge in [0, 0.05) is 0 Å². The number of aliphatic carboxylic acids is 1. The first-order valence-electron chi connectivity index (χ1n) is 5.25. The third-order valence-electron chi connectivity index (χ3n) is 1.81. The van der Waals surface area contributed by atoms with Crippen LogP contribution in [0.1, 0.15) is 27.2 Å². The number of halogens is 2. The van der Waals surface area contributed by atoms with Crippen molar-refractivity contribution in [1.29, 1.82) is 0 Å². The highest BCUT2D eigenvalue weighted by Crippen LogP contribution is 2.20. The summed E-state index contributed by atoms with van der Waals surface area (Å²) in [5, 5.41) is 10.1. The average Bonchev–Trinajstić information content (AvgIpc) is 2.12. The molecule has 0 aromatic rings. The Morgan fingerprint density at radius 3 is 2.11 bits per heavy atom. The Kier molecular flexibility index (Phi) is 5.22. The summed E-state index contributed by atoms with van der Waals surface area (Å²) in [7, 11) is 0. The van der Waals surface area contributed by atoms with Crippen LogP contribution in [0.3, 0.4) is 0 Å². The third kappa shape index (κ3) is 6.53. The number of carbonyl (C=O) groups is 3. The second kappa shape index (κ2) is 5.81. The van der Waals surface area contributed by atoms with Crippen LogP contribution in [0.5, 0.6) is 0 Å². The number of carboxylic acids is 1. The largest absolute Gasteiger partial charge is 0.477 e. The Bertz CT molecular complexity index is 379. The quantitative estimate of drug-likeness (QED) is 0.677. The van der Waals surface area contributed by atoms with Gasteiger partial charge >= 0.3 is 18.0 Å². The summed E-state index contributed by atoms with van der Waals surface area (Å²) in [6, 6.07) is -1.85. The standard InChI is InChI=1S/C10H16F2N2O5/c1-9(2,3)19-8(18)14-5(6(13)15)4-10(11,12)7(16)17/h5H,4H2,1-3H3,(H2,13,15)(H,14,18)(H,16,17). The predicted molar refractivity (Wildman–Crippen MR) is 59.6 cm³/mol. The Labute approximate surface area is 108 Å². The van der Waals surface area contributed by atoms with Gasteiger partial charge in [-0.2, -0.15) is 8.78 Å². The van der Waals surface area contributed by atoms with Crippen molar-refractivity contribution in [3.63, 3.8) is 0 Å². The van der Waals surface area contributed by atoms with E-state index < -0.39 is 42.0 Å². The number of alkyl carbamates (subject to hydrolysis) is 1. The van der Waals surface area contributed by atoms with Crippen LogP contribution in [-0.2, 0) is 14.3 Å². The Balaban J connectivity index is 4.74. The number of alkyl halides is 2. The maximum absolute atomic E-state index is 12.9. The summed E-state index contributed by atoms with van der Waals surface area (Å²) in [5.74, 6) is -7.88. The lowest BCUT2D eigenvalue weighted by molar-refractivity contribution is -0.166. The summed E-state index contributed by atoms with van der Waals surface area (Å²) in [5.41, 5.74) is 3.92. The topological polar surface area (TPSA) is 119 Å². The molecule has 4 N–H and O–H groups in total. The molecule has 0 fully saturated rings. The molecule has 0 saturated carbocycles. The van der Waals surface area contributed by atoms with E-state index in [1.54, 1.807) is 5.32 Å². The minimum Gasteiger partial charge on any atom is -0.477 e. The summed E-state index contributed by atoms with van der Waals surface area (Å²) in [6.07, 6.45) is -2.59. The van der Waals surface area contributed by atoms with E-state index in [4.69, 9.17) is 15.6 Å². The number of rotatable bonds is 5. The van der Waals surface area contributed by atoms with Crippen molar-refractivity contribution in [2.75, 3.05) is 0 Å². The molecule has 0 aromatic heterocycles. The first kappa shape index (κ1) is 17.1. The molecule has 19 heavy (non-hydrogen) atoms. The van der Waals surface area contributed by atoms with Gasteiger partial charge in [0.1, 0.15) is 11.6 Å². The molecule has 1 atom stereocenters. The zero-order valence-corrected chi connectivity index (χ0v) is 10.7. The second-order valence-electron chi connectivity index (χ2n) is 4.81. The molecule has 0 aliphatic heterocycles. The fraction of sp³-hybridized carbons (Fsp3) is 0.700. The van der Waals surface area contributed by atoms with Crippen LogP contribution in [0, 0.1) is 0 Å². The number of ether oxygens (including phenoxy) is 1. The lowest BCUT2D eigenvalue weighted by Crippen LogP contribution is -2.50. The number of carbonyl (C=O) groups excluding carboxylic acids is 2. The van der Waals surface area contributed by atoms with Crippen LogP contribution in [0.15, 0.2) is 0 Å². The fourth-order valence-corrected chi connectivity index (χ4v) is 1.02. The fourth-order valence-electron chi connectivity index (χ4n) is 1.02. The molecular weight excluding hydrogens is 266 g/mol. The predicted octanol–water partition coefficient (Wildman–Crippen LogP) is 0.475. The number of hydrogen-bond acceptors (Lipinski definition) is 4. The molecule has 0 radical (unpaired) electrons. The number of hydrogen-bond donors (Lipinski definition) is 3. The summed E-state index contributed by atoms with van der Waals surface area (Å²) < 4.78 is 30.6. The molecule has 0 aliphatic carbocycles. The SMILES string of the molecule is CC(C)(C)OC(=O)NC(CC(F)(F)C(=O)O)C(N)=O. The van der Waals surface area contributed by atoms with E-state index in [1.807, 2.05) is 0 Å². The monoisotopic (exact) mass is 282 g/mol. The van der Waals surface area contributed by atoms with Crippen LogP contribution in [-0.4, -0.2) is 40.6 Å². The maximum atomic E-state index is 12.9. The van der Waals surface area contributed by atoms with Gasteiger partial charge in [-0.1, -0.05) is 0 Å². The van der Waals surface area contributed by atoms with E-state index in [-0.39, 0.29) is 0 Å². The molecule has 110 valence electrons. The van der Waals surface area contributed by atoms with Gasteiger partial charge in [0.15, 0.2) is 0 Å². The van der Waals surface area contributed by atoms with Crippen molar-refractivity contribution in [2.24, 2.45) is 5.73 Å². The van der Waals surface area contributed by atoms with E-state index in [0.717, 1.165) is 0 Å². The first-order valence-corrected chi connectivity index (χ1v) is 5.25. The Morgan fingerprint density at radius 1 is 1.32 bits per heavy atom. The molecule has 1 unspecified atom stereocenters. The van der Waals surface area contributed by atoms with E-state index in [1.165, 1.54) is 20.8 Å². The van der Waals surface area contributed by atoms with E-state index in [9.17, 15) is 23.2 Å². The van der Waals surface area contributed by atoms with Gasteiger partial charge in [0.05, 0.1) is 6.42 Å². The van der Waals surface area contributed by atoms with Gasteiger partial charge in [0.25, 0.3) is 0 Å². The summed E-state index contributed by atoms with van der Waals surface area (Å²) in [4.78, 5) is 32.5. The van der Waals surface area contributed by atoms with Gasteiger partial charge in [-0.3, -0.25) is 4.79 Å². The normalized spacial score (nSPS) is 13.5. The molecule has 7 nitrogen and oxygen atoms in total. The van der Waals surface area contributed by atoms with Crippen LogP contribution in [0.2, 0.25) is 0 Å². The van der Waals surface area contributed by atoms with Crippen molar-refractivity contribution in [3.8, 4) is 0 Å². The van der Waals surface area contributed by atoms with E-state index in [0.29, 0.717) is 0 Å².